The normalized spacial score (nSPS) is 17.7. The Bertz CT molecular complexity index is 1630. The van der Waals surface area contributed by atoms with E-state index in [1.54, 1.807) is 32.0 Å². The summed E-state index contributed by atoms with van der Waals surface area (Å²) in [4.78, 5) is 27.3. The maximum absolute atomic E-state index is 14.0. The number of halogens is 2. The first-order valence-corrected chi connectivity index (χ1v) is 14.7. The van der Waals surface area contributed by atoms with Gasteiger partial charge in [0, 0.05) is 44.2 Å². The van der Waals surface area contributed by atoms with Crippen LogP contribution in [0.1, 0.15) is 36.7 Å². The SMILES string of the molecule is CC(=O)c1ccc2c(c1)OCC(Oc1c(N3CCN(S(=O)(=O)C(C)C)CC3)cnn(-c3cc(F)cc(F)c3)c1=O)C2. The Morgan fingerprint density at radius 2 is 1.76 bits per heavy atom. The summed E-state index contributed by atoms with van der Waals surface area (Å²) in [6.07, 6.45) is 1.16. The molecule has 10 nitrogen and oxygen atoms in total. The molecule has 5 rings (SSSR count). The van der Waals surface area contributed by atoms with E-state index in [9.17, 15) is 26.8 Å². The fourth-order valence-electron chi connectivity index (χ4n) is 4.90. The number of hydrogen-bond acceptors (Lipinski definition) is 8. The number of ether oxygens (including phenoxy) is 2. The van der Waals surface area contributed by atoms with Crippen LogP contribution in [0.25, 0.3) is 5.69 Å². The molecule has 0 N–H and O–H groups in total. The summed E-state index contributed by atoms with van der Waals surface area (Å²) < 4.78 is 67.6. The number of piperazine rings is 1. The van der Waals surface area contributed by atoms with E-state index < -0.39 is 38.6 Å². The van der Waals surface area contributed by atoms with Crippen LogP contribution in [-0.2, 0) is 16.4 Å². The van der Waals surface area contributed by atoms with E-state index in [1.807, 2.05) is 4.90 Å². The second-order valence-electron chi connectivity index (χ2n) is 10.3. The number of fused-ring (bicyclic) bond motifs is 1. The van der Waals surface area contributed by atoms with Crippen molar-refractivity contribution in [3.8, 4) is 17.2 Å². The third-order valence-corrected chi connectivity index (χ3v) is 9.45. The summed E-state index contributed by atoms with van der Waals surface area (Å²) >= 11 is 0. The van der Waals surface area contributed by atoms with Crippen molar-refractivity contribution in [1.29, 1.82) is 0 Å². The number of carbonyl (C=O) groups excluding carboxylic acids is 1. The molecule has 1 atom stereocenters. The lowest BCUT2D eigenvalue weighted by Gasteiger charge is -2.37. The van der Waals surface area contributed by atoms with Gasteiger partial charge in [-0.15, -0.1) is 0 Å². The molecule has 0 spiro atoms. The summed E-state index contributed by atoms with van der Waals surface area (Å²) in [5.41, 5.74) is 0.800. The number of anilines is 1. The third kappa shape index (κ3) is 5.82. The lowest BCUT2D eigenvalue weighted by Crippen LogP contribution is -2.51. The maximum atomic E-state index is 14.0. The highest BCUT2D eigenvalue weighted by molar-refractivity contribution is 7.89. The Labute approximate surface area is 236 Å². The molecule has 3 heterocycles. The van der Waals surface area contributed by atoms with Crippen LogP contribution in [0.4, 0.5) is 14.5 Å². The number of hydrogen-bond donors (Lipinski definition) is 0. The monoisotopic (exact) mass is 588 g/mol. The first kappa shape index (κ1) is 28.7. The van der Waals surface area contributed by atoms with Gasteiger partial charge < -0.3 is 14.4 Å². The average molecular weight is 589 g/mol. The van der Waals surface area contributed by atoms with Crippen LogP contribution in [0.3, 0.4) is 0 Å². The van der Waals surface area contributed by atoms with Gasteiger partial charge >= 0.3 is 5.56 Å². The number of Topliss-reactive ketones (excluding diaryl/α,β-unsaturated/α-hetero) is 1. The first-order valence-electron chi connectivity index (χ1n) is 13.2. The number of sulfonamides is 1. The number of nitrogens with zero attached hydrogens (tertiary/aromatic N) is 4. The number of rotatable bonds is 7. The third-order valence-electron chi connectivity index (χ3n) is 7.17. The van der Waals surface area contributed by atoms with Gasteiger partial charge in [-0.3, -0.25) is 9.59 Å². The van der Waals surface area contributed by atoms with Gasteiger partial charge in [-0.1, -0.05) is 12.1 Å². The van der Waals surface area contributed by atoms with Gasteiger partial charge in [0.2, 0.25) is 15.8 Å². The van der Waals surface area contributed by atoms with Gasteiger partial charge in [-0.2, -0.15) is 14.1 Å². The van der Waals surface area contributed by atoms with Crippen LogP contribution in [0, 0.1) is 11.6 Å². The quantitative estimate of drug-likeness (QED) is 0.388. The van der Waals surface area contributed by atoms with Crippen LogP contribution >= 0.6 is 0 Å². The highest BCUT2D eigenvalue weighted by Crippen LogP contribution is 2.31. The molecule has 2 aliphatic rings. The second-order valence-corrected chi connectivity index (χ2v) is 12.8. The van der Waals surface area contributed by atoms with Gasteiger partial charge in [0.1, 0.15) is 35.8 Å². The molecule has 1 fully saturated rings. The van der Waals surface area contributed by atoms with Gasteiger partial charge in [-0.25, -0.2) is 17.2 Å². The van der Waals surface area contributed by atoms with E-state index in [0.717, 1.165) is 22.4 Å². The second kappa shape index (κ2) is 11.2. The number of ketones is 1. The molecular weight excluding hydrogens is 558 g/mol. The number of benzene rings is 2. The predicted octanol–water partition coefficient (Wildman–Crippen LogP) is 2.96. The molecule has 0 amide bonds. The minimum atomic E-state index is -3.45. The van der Waals surface area contributed by atoms with E-state index in [-0.39, 0.29) is 50.0 Å². The number of aromatic nitrogens is 2. The molecule has 41 heavy (non-hydrogen) atoms. The molecule has 1 aromatic heterocycles. The standard InChI is InChI=1S/C28H30F2N4O6S/c1-17(2)41(37,38)33-8-6-32(7-9-33)25-15-31-34(23-13-21(29)12-22(30)14-23)28(36)27(25)40-24-10-20-5-4-19(18(3)35)11-26(20)39-16-24/h4-5,11-15,17,24H,6-10,16H2,1-3H3. The zero-order chi connectivity index (χ0) is 29.5. The Kier molecular flexibility index (Phi) is 7.84. The molecule has 218 valence electrons. The van der Waals surface area contributed by atoms with E-state index in [0.29, 0.717) is 29.5 Å². The zero-order valence-electron chi connectivity index (χ0n) is 22.8. The summed E-state index contributed by atoms with van der Waals surface area (Å²) in [6.45, 7) is 5.77. The van der Waals surface area contributed by atoms with Crippen molar-refractivity contribution in [3.63, 3.8) is 0 Å². The van der Waals surface area contributed by atoms with E-state index in [2.05, 4.69) is 5.10 Å². The van der Waals surface area contributed by atoms with Crippen LogP contribution in [-0.4, -0.2) is 72.4 Å². The maximum Gasteiger partial charge on any atom is 0.316 e. The largest absolute Gasteiger partial charge is 0.489 e. The minimum absolute atomic E-state index is 0.0879. The van der Waals surface area contributed by atoms with Crippen molar-refractivity contribution in [1.82, 2.24) is 14.1 Å². The lowest BCUT2D eigenvalue weighted by atomic mass is 10.0. The van der Waals surface area contributed by atoms with E-state index in [1.165, 1.54) is 17.4 Å². The molecule has 0 bridgehead atoms. The molecule has 2 aromatic carbocycles. The lowest BCUT2D eigenvalue weighted by molar-refractivity contribution is 0.101. The van der Waals surface area contributed by atoms with Crippen LogP contribution in [0.2, 0.25) is 0 Å². The summed E-state index contributed by atoms with van der Waals surface area (Å²) in [6, 6.07) is 7.81. The molecule has 0 aliphatic carbocycles. The van der Waals surface area contributed by atoms with Crippen LogP contribution in [0.5, 0.6) is 11.5 Å². The fraction of sp³-hybridized carbons (Fsp3) is 0.393. The summed E-state index contributed by atoms with van der Waals surface area (Å²) in [5, 5.41) is 3.61. The molecule has 0 radical (unpaired) electrons. The molecule has 2 aliphatic heterocycles. The van der Waals surface area contributed by atoms with Gasteiger partial charge in [0.15, 0.2) is 5.78 Å². The zero-order valence-corrected chi connectivity index (χ0v) is 23.7. The molecule has 0 saturated carbocycles. The summed E-state index contributed by atoms with van der Waals surface area (Å²) in [5.74, 6) is -1.37. The average Bonchev–Trinajstić information content (AvgIpc) is 2.93. The van der Waals surface area contributed by atoms with Crippen molar-refractivity contribution in [2.45, 2.75) is 38.5 Å². The molecule has 1 saturated heterocycles. The highest BCUT2D eigenvalue weighted by Gasteiger charge is 2.32. The smallest absolute Gasteiger partial charge is 0.316 e. The van der Waals surface area contributed by atoms with Crippen molar-refractivity contribution < 1.29 is 31.5 Å². The van der Waals surface area contributed by atoms with Gasteiger partial charge in [0.05, 0.1) is 17.1 Å². The predicted molar refractivity (Wildman–Crippen MR) is 148 cm³/mol. The Balaban J connectivity index is 1.48. The topological polar surface area (TPSA) is 111 Å². The minimum Gasteiger partial charge on any atom is -0.489 e. The molecular formula is C28H30F2N4O6S. The van der Waals surface area contributed by atoms with Crippen molar-refractivity contribution >= 4 is 21.5 Å². The van der Waals surface area contributed by atoms with Gasteiger partial charge in [-0.05, 0) is 44.5 Å². The van der Waals surface area contributed by atoms with Crippen LogP contribution < -0.4 is 19.9 Å². The molecule has 1 unspecified atom stereocenters. The molecule has 13 heteroatoms. The Morgan fingerprint density at radius 3 is 2.39 bits per heavy atom. The van der Waals surface area contributed by atoms with Crippen molar-refractivity contribution in [2.24, 2.45) is 0 Å². The van der Waals surface area contributed by atoms with Crippen LogP contribution in [0.15, 0.2) is 47.4 Å². The Hall–Kier alpha value is -3.84. The van der Waals surface area contributed by atoms with Crippen molar-refractivity contribution in [2.75, 3.05) is 37.7 Å². The summed E-state index contributed by atoms with van der Waals surface area (Å²) in [7, 11) is -3.45. The number of carbonyl (C=O) groups is 1. The van der Waals surface area contributed by atoms with E-state index in [4.69, 9.17) is 9.47 Å². The van der Waals surface area contributed by atoms with E-state index >= 15 is 0 Å². The van der Waals surface area contributed by atoms with Crippen molar-refractivity contribution in [3.05, 3.63) is 75.7 Å². The van der Waals surface area contributed by atoms with Gasteiger partial charge in [0.25, 0.3) is 0 Å². The highest BCUT2D eigenvalue weighted by atomic mass is 32.2. The fourth-order valence-corrected chi connectivity index (χ4v) is 6.17. The Morgan fingerprint density at radius 1 is 1.07 bits per heavy atom. The molecule has 3 aromatic rings. The first-order chi connectivity index (χ1) is 19.4.